The molecule has 7 nitrogen and oxygen atoms in total. The first-order valence-electron chi connectivity index (χ1n) is 13.7. The molecule has 208 valence electrons. The lowest BCUT2D eigenvalue weighted by Crippen LogP contribution is -2.49. The summed E-state index contributed by atoms with van der Waals surface area (Å²) in [6, 6.07) is 11.4. The minimum absolute atomic E-state index is 0.00311. The summed E-state index contributed by atoms with van der Waals surface area (Å²) in [5.41, 5.74) is 6.14. The number of hydrogen-bond acceptors (Lipinski definition) is 6. The van der Waals surface area contributed by atoms with Crippen molar-refractivity contribution in [2.45, 2.75) is 69.6 Å². The number of nitrogens with zero attached hydrogens (tertiary/aromatic N) is 1. The molecule has 0 radical (unpaired) electrons. The lowest BCUT2D eigenvalue weighted by Gasteiger charge is -2.44. The molecule has 38 heavy (non-hydrogen) atoms. The molecule has 2 aromatic rings. The number of ether oxygens (including phenoxy) is 2. The molecule has 2 aromatic carbocycles. The molecule has 1 saturated heterocycles. The average Bonchev–Trinajstić information content (AvgIpc) is 3.26. The lowest BCUT2D eigenvalue weighted by molar-refractivity contribution is -0.141. The van der Waals surface area contributed by atoms with Gasteiger partial charge in [-0.1, -0.05) is 24.3 Å². The van der Waals surface area contributed by atoms with Gasteiger partial charge in [0.15, 0.2) is 0 Å². The Bertz CT molecular complexity index is 1090. The van der Waals surface area contributed by atoms with Crippen LogP contribution in [-0.4, -0.2) is 60.0 Å². The second-order valence-corrected chi connectivity index (χ2v) is 10.9. The van der Waals surface area contributed by atoms with Gasteiger partial charge in [0, 0.05) is 56.3 Å². The van der Waals surface area contributed by atoms with E-state index in [4.69, 9.17) is 15.2 Å². The van der Waals surface area contributed by atoms with Crippen molar-refractivity contribution in [2.75, 3.05) is 26.8 Å². The van der Waals surface area contributed by atoms with Crippen molar-refractivity contribution in [1.82, 2.24) is 4.90 Å². The number of aliphatic hydroxyl groups excluding tert-OH is 1. The van der Waals surface area contributed by atoms with Crippen LogP contribution in [0.1, 0.15) is 56.1 Å². The van der Waals surface area contributed by atoms with E-state index in [0.29, 0.717) is 56.0 Å². The minimum atomic E-state index is -1.27. The Hall–Kier alpha value is -2.52. The normalized spacial score (nSPS) is 25.3. The molecule has 1 saturated carbocycles. The van der Waals surface area contributed by atoms with Gasteiger partial charge in [-0.2, -0.15) is 0 Å². The van der Waals surface area contributed by atoms with Gasteiger partial charge < -0.3 is 30.3 Å². The largest absolute Gasteiger partial charge is 0.457 e. The van der Waals surface area contributed by atoms with Gasteiger partial charge in [0.2, 0.25) is 5.91 Å². The van der Waals surface area contributed by atoms with E-state index in [9.17, 15) is 19.4 Å². The van der Waals surface area contributed by atoms with Crippen LogP contribution >= 0.6 is 0 Å². The molecule has 2 fully saturated rings. The van der Waals surface area contributed by atoms with E-state index in [-0.39, 0.29) is 23.8 Å². The predicted molar refractivity (Wildman–Crippen MR) is 143 cm³/mol. The molecule has 0 bridgehead atoms. The van der Waals surface area contributed by atoms with Gasteiger partial charge in [-0.3, -0.25) is 4.79 Å². The summed E-state index contributed by atoms with van der Waals surface area (Å²) >= 11 is 0. The highest BCUT2D eigenvalue weighted by Crippen LogP contribution is 2.45. The van der Waals surface area contributed by atoms with Crippen molar-refractivity contribution in [3.8, 4) is 11.5 Å². The van der Waals surface area contributed by atoms with Crippen LogP contribution in [0.15, 0.2) is 42.5 Å². The smallest absolute Gasteiger partial charge is 0.225 e. The quantitative estimate of drug-likeness (QED) is 0.398. The number of hydrogen-bond donors (Lipinski definition) is 3. The molecule has 8 heteroatoms. The topological polar surface area (TPSA) is 105 Å². The number of nitrogens with two attached hydrogens (primary N) is 1. The third kappa shape index (κ3) is 6.37. The number of methoxy groups -OCH3 is 1. The van der Waals surface area contributed by atoms with Crippen LogP contribution in [0.25, 0.3) is 0 Å². The minimum Gasteiger partial charge on any atom is -0.457 e. The van der Waals surface area contributed by atoms with Gasteiger partial charge in [0.25, 0.3) is 0 Å². The summed E-state index contributed by atoms with van der Waals surface area (Å²) in [5, 5.41) is 22.5. The summed E-state index contributed by atoms with van der Waals surface area (Å²) in [5.74, 6) is -0.0276. The molecule has 0 aromatic heterocycles. The maximum absolute atomic E-state index is 14.0. The van der Waals surface area contributed by atoms with Crippen molar-refractivity contribution in [3.63, 3.8) is 0 Å². The molecule has 1 aliphatic carbocycles. The molecule has 2 aliphatic rings. The van der Waals surface area contributed by atoms with E-state index < -0.39 is 17.5 Å². The second-order valence-electron chi connectivity index (χ2n) is 10.9. The van der Waals surface area contributed by atoms with Gasteiger partial charge in [-0.15, -0.1) is 0 Å². The fourth-order valence-electron chi connectivity index (χ4n) is 5.99. The molecule has 4 rings (SSSR count). The third-order valence-corrected chi connectivity index (χ3v) is 8.21. The molecular formula is C30H41FN2O5. The summed E-state index contributed by atoms with van der Waals surface area (Å²) in [4.78, 5) is 15.2. The number of benzene rings is 2. The summed E-state index contributed by atoms with van der Waals surface area (Å²) < 4.78 is 25.5. The van der Waals surface area contributed by atoms with Gasteiger partial charge in [0.05, 0.1) is 11.7 Å². The number of aliphatic hydroxyl groups is 2. The zero-order valence-corrected chi connectivity index (χ0v) is 22.4. The molecular weight excluding hydrogens is 487 g/mol. The predicted octanol–water partition coefficient (Wildman–Crippen LogP) is 4.27. The molecule has 1 unspecified atom stereocenters. The molecule has 1 heterocycles. The van der Waals surface area contributed by atoms with Crippen LogP contribution < -0.4 is 10.5 Å². The molecule has 5 atom stereocenters. The Morgan fingerprint density at radius 3 is 2.71 bits per heavy atom. The van der Waals surface area contributed by atoms with E-state index in [0.717, 1.165) is 31.2 Å². The fraction of sp³-hybridized carbons (Fsp3) is 0.567. The van der Waals surface area contributed by atoms with E-state index in [1.807, 2.05) is 30.0 Å². The van der Waals surface area contributed by atoms with E-state index >= 15 is 0 Å². The zero-order chi connectivity index (χ0) is 27.3. The first kappa shape index (κ1) is 28.5. The summed E-state index contributed by atoms with van der Waals surface area (Å²) in [6.45, 7) is 3.48. The Morgan fingerprint density at radius 2 is 1.97 bits per heavy atom. The third-order valence-electron chi connectivity index (χ3n) is 8.21. The van der Waals surface area contributed by atoms with Crippen molar-refractivity contribution in [2.24, 2.45) is 17.6 Å². The first-order valence-corrected chi connectivity index (χ1v) is 13.7. The Morgan fingerprint density at radius 1 is 1.18 bits per heavy atom. The Balaban J connectivity index is 1.62. The SMILES string of the molecule is COCCCCC(O)(c1ccccc1Oc1cc(F)ccc1C)[C@@H]1CCCN(C(=O)[C@H]2C[C@@H](N)[C@@H](O)C2)C1. The van der Waals surface area contributed by atoms with Crippen molar-refractivity contribution < 1.29 is 28.9 Å². The maximum Gasteiger partial charge on any atom is 0.225 e. The van der Waals surface area contributed by atoms with Crippen LogP contribution in [0.4, 0.5) is 4.39 Å². The highest BCUT2D eigenvalue weighted by Gasteiger charge is 2.44. The van der Waals surface area contributed by atoms with E-state index in [1.54, 1.807) is 19.2 Å². The number of amides is 1. The van der Waals surface area contributed by atoms with Crippen LogP contribution in [0, 0.1) is 24.6 Å². The number of para-hydroxylation sites is 1. The number of piperidine rings is 1. The van der Waals surface area contributed by atoms with Crippen LogP contribution in [0.2, 0.25) is 0 Å². The summed E-state index contributed by atoms with van der Waals surface area (Å²) in [6.07, 6.45) is 3.72. The van der Waals surface area contributed by atoms with E-state index in [2.05, 4.69) is 0 Å². The monoisotopic (exact) mass is 528 g/mol. The van der Waals surface area contributed by atoms with Crippen molar-refractivity contribution in [1.29, 1.82) is 0 Å². The molecule has 0 spiro atoms. The highest BCUT2D eigenvalue weighted by molar-refractivity contribution is 5.79. The number of rotatable bonds is 10. The number of halogens is 1. The molecule has 4 N–H and O–H groups in total. The van der Waals surface area contributed by atoms with Gasteiger partial charge in [-0.25, -0.2) is 4.39 Å². The van der Waals surface area contributed by atoms with Crippen LogP contribution in [0.5, 0.6) is 11.5 Å². The van der Waals surface area contributed by atoms with E-state index in [1.165, 1.54) is 12.1 Å². The maximum atomic E-state index is 14.0. The standard InChI is InChI=1S/C30H41FN2O5/c1-20-11-12-23(31)18-28(20)38-27-10-4-3-9-24(27)30(36,13-5-6-15-37-2)22-8-7-14-33(19-22)29(35)21-16-25(32)26(34)17-21/h3-4,9-12,18,21-22,25-26,34,36H,5-8,13-17,19,32H2,1-2H3/t21-,22+,25+,26-,30?/m0/s1. The van der Waals surface area contributed by atoms with Gasteiger partial charge in [-0.05, 0) is 69.6 Å². The Kier molecular flexibility index (Phi) is 9.41. The number of unbranched alkanes of at least 4 members (excludes halogenated alkanes) is 1. The Labute approximate surface area is 224 Å². The van der Waals surface area contributed by atoms with Crippen LogP contribution in [-0.2, 0) is 15.1 Å². The fourth-order valence-corrected chi connectivity index (χ4v) is 5.99. The first-order chi connectivity index (χ1) is 18.2. The number of carbonyl (C=O) groups excluding carboxylic acids is 1. The highest BCUT2D eigenvalue weighted by atomic mass is 19.1. The zero-order valence-electron chi connectivity index (χ0n) is 22.4. The lowest BCUT2D eigenvalue weighted by atomic mass is 9.73. The average molecular weight is 529 g/mol. The summed E-state index contributed by atoms with van der Waals surface area (Å²) in [7, 11) is 1.66. The van der Waals surface area contributed by atoms with Gasteiger partial charge >= 0.3 is 0 Å². The van der Waals surface area contributed by atoms with Gasteiger partial charge in [0.1, 0.15) is 17.3 Å². The van der Waals surface area contributed by atoms with Crippen molar-refractivity contribution >= 4 is 5.91 Å². The number of aryl methyl sites for hydroxylation is 1. The molecule has 1 amide bonds. The second kappa shape index (κ2) is 12.6. The number of carbonyl (C=O) groups is 1. The van der Waals surface area contributed by atoms with Crippen molar-refractivity contribution in [3.05, 3.63) is 59.4 Å². The number of likely N-dealkylation sites (tertiary alicyclic amines) is 1. The van der Waals surface area contributed by atoms with Crippen LogP contribution in [0.3, 0.4) is 0 Å². The molecule has 1 aliphatic heterocycles.